The van der Waals surface area contributed by atoms with Gasteiger partial charge in [0.25, 0.3) is 15.4 Å². The number of esters is 1. The average Bonchev–Trinajstić information content (AvgIpc) is 3.28. The lowest BCUT2D eigenvalue weighted by molar-refractivity contribution is -0.384. The van der Waals surface area contributed by atoms with Crippen molar-refractivity contribution in [3.8, 4) is 0 Å². The van der Waals surface area contributed by atoms with Crippen LogP contribution in [0.2, 0.25) is 0 Å². The number of imide groups is 1. The van der Waals surface area contributed by atoms with E-state index in [-0.39, 0.29) is 31.8 Å². The third-order valence-electron chi connectivity index (χ3n) is 5.39. The molecule has 12 nitrogen and oxygen atoms in total. The summed E-state index contributed by atoms with van der Waals surface area (Å²) in [6.07, 6.45) is -1.33. The van der Waals surface area contributed by atoms with Gasteiger partial charge in [-0.1, -0.05) is 53.0 Å². The van der Waals surface area contributed by atoms with Crippen LogP contribution >= 0.6 is 34.8 Å². The minimum Gasteiger partial charge on any atom is -0.457 e. The molecule has 2 aromatic rings. The van der Waals surface area contributed by atoms with Gasteiger partial charge in [-0.05, 0) is 29.8 Å². The first-order chi connectivity index (χ1) is 17.9. The first-order valence-electron chi connectivity index (χ1n) is 11.0. The Hall–Kier alpha value is -3.61. The maximum Gasteiger partial charge on any atom is 0.410 e. The van der Waals surface area contributed by atoms with Crippen molar-refractivity contribution in [1.82, 2.24) is 15.5 Å². The lowest BCUT2D eigenvalue weighted by Crippen LogP contribution is -2.49. The van der Waals surface area contributed by atoms with E-state index < -0.39 is 44.9 Å². The number of alkyl halides is 3. The van der Waals surface area contributed by atoms with E-state index >= 15 is 0 Å². The fourth-order valence-corrected chi connectivity index (χ4v) is 3.68. The molecule has 0 saturated carbocycles. The van der Waals surface area contributed by atoms with Gasteiger partial charge in [-0.2, -0.15) is 0 Å². The maximum absolute atomic E-state index is 12.9. The van der Waals surface area contributed by atoms with E-state index in [1.807, 2.05) is 5.32 Å². The number of carbonyl (C=O) groups is 4. The first-order valence-corrected chi connectivity index (χ1v) is 12.2. The molecule has 38 heavy (non-hydrogen) atoms. The molecule has 2 N–H and O–H groups in total. The molecular weight excluding hydrogens is 567 g/mol. The fraction of sp³-hybridized carbons (Fsp3) is 0.304. The van der Waals surface area contributed by atoms with E-state index in [1.54, 1.807) is 30.3 Å². The second kappa shape index (κ2) is 12.8. The van der Waals surface area contributed by atoms with Crippen molar-refractivity contribution >= 4 is 64.5 Å². The van der Waals surface area contributed by atoms with E-state index in [2.05, 4.69) is 5.32 Å². The number of nitro benzene ring substituents is 1. The van der Waals surface area contributed by atoms with Crippen LogP contribution in [-0.4, -0.2) is 62.9 Å². The summed E-state index contributed by atoms with van der Waals surface area (Å²) in [7, 11) is 0. The number of hydrogen-bond acceptors (Lipinski definition) is 8. The van der Waals surface area contributed by atoms with Gasteiger partial charge in [-0.3, -0.25) is 25.1 Å². The average molecular weight is 588 g/mol. The summed E-state index contributed by atoms with van der Waals surface area (Å²) in [4.78, 5) is 60.7. The Balaban J connectivity index is 1.64. The van der Waals surface area contributed by atoms with Crippen molar-refractivity contribution in [2.24, 2.45) is 0 Å². The highest BCUT2D eigenvalue weighted by atomic mass is 35.6. The molecule has 0 bridgehead atoms. The van der Waals surface area contributed by atoms with E-state index in [0.29, 0.717) is 11.1 Å². The van der Waals surface area contributed by atoms with Crippen LogP contribution < -0.4 is 10.6 Å². The zero-order valence-corrected chi connectivity index (χ0v) is 21.7. The number of non-ortho nitro benzene ring substituents is 1. The molecule has 0 spiro atoms. The smallest absolute Gasteiger partial charge is 0.410 e. The number of benzene rings is 2. The molecule has 2 atom stereocenters. The SMILES string of the molecule is O=C(NC[C@@H]1C[C@H](OC(=O)c2ccccc2)CN1C(=O)OCc1ccc([N+](=O)[O-])cc1)NC(=O)C(Cl)(Cl)Cl. The van der Waals surface area contributed by atoms with Gasteiger partial charge in [0.05, 0.1) is 23.1 Å². The van der Waals surface area contributed by atoms with Crippen molar-refractivity contribution in [2.45, 2.75) is 29.0 Å². The molecule has 0 unspecified atom stereocenters. The Morgan fingerprint density at radius 2 is 1.71 bits per heavy atom. The molecule has 15 heteroatoms. The lowest BCUT2D eigenvalue weighted by Gasteiger charge is -2.24. The summed E-state index contributed by atoms with van der Waals surface area (Å²) in [6.45, 7) is -0.357. The van der Waals surface area contributed by atoms with E-state index in [9.17, 15) is 29.3 Å². The summed E-state index contributed by atoms with van der Waals surface area (Å²) in [5.41, 5.74) is 0.723. The molecule has 1 saturated heterocycles. The highest BCUT2D eigenvalue weighted by Gasteiger charge is 2.39. The number of carbonyl (C=O) groups excluding carboxylic acids is 4. The number of urea groups is 1. The normalized spacial score (nSPS) is 16.9. The van der Waals surface area contributed by atoms with E-state index in [1.165, 1.54) is 29.2 Å². The van der Waals surface area contributed by atoms with Gasteiger partial charge < -0.3 is 14.8 Å². The lowest BCUT2D eigenvalue weighted by atomic mass is 10.2. The number of halogens is 3. The minimum atomic E-state index is -2.35. The van der Waals surface area contributed by atoms with Crippen molar-refractivity contribution in [2.75, 3.05) is 13.1 Å². The summed E-state index contributed by atoms with van der Waals surface area (Å²) in [5, 5.41) is 15.1. The molecule has 4 amide bonds. The van der Waals surface area contributed by atoms with Crippen LogP contribution in [-0.2, 0) is 20.9 Å². The van der Waals surface area contributed by atoms with E-state index in [4.69, 9.17) is 44.3 Å². The maximum atomic E-state index is 12.9. The van der Waals surface area contributed by atoms with E-state index in [0.717, 1.165) is 0 Å². The van der Waals surface area contributed by atoms with Gasteiger partial charge in [-0.15, -0.1) is 0 Å². The topological polar surface area (TPSA) is 157 Å². The van der Waals surface area contributed by atoms with Gasteiger partial charge in [0.15, 0.2) is 0 Å². The highest BCUT2D eigenvalue weighted by molar-refractivity contribution is 6.76. The molecule has 0 aliphatic carbocycles. The van der Waals surface area contributed by atoms with Crippen LogP contribution in [0.5, 0.6) is 0 Å². The van der Waals surface area contributed by atoms with Gasteiger partial charge in [0.2, 0.25) is 0 Å². The minimum absolute atomic E-state index is 0.0291. The molecule has 1 heterocycles. The molecular formula is C23H21Cl3N4O8. The number of amides is 4. The largest absolute Gasteiger partial charge is 0.457 e. The Morgan fingerprint density at radius 1 is 1.05 bits per heavy atom. The fourth-order valence-electron chi connectivity index (χ4n) is 3.54. The molecule has 3 rings (SSSR count). The quantitative estimate of drug-likeness (QED) is 0.215. The number of hydrogen-bond donors (Lipinski definition) is 2. The molecule has 0 aromatic heterocycles. The highest BCUT2D eigenvalue weighted by Crippen LogP contribution is 2.26. The number of nitrogens with one attached hydrogen (secondary N) is 2. The Labute approximate surface area is 231 Å². The molecule has 0 radical (unpaired) electrons. The Bertz CT molecular complexity index is 1190. The number of likely N-dealkylation sites (tertiary alicyclic amines) is 1. The van der Waals surface area contributed by atoms with Crippen LogP contribution in [0.15, 0.2) is 54.6 Å². The Kier molecular flexibility index (Phi) is 9.72. The third kappa shape index (κ3) is 8.20. The third-order valence-corrected chi connectivity index (χ3v) is 5.90. The predicted molar refractivity (Wildman–Crippen MR) is 136 cm³/mol. The zero-order chi connectivity index (χ0) is 27.9. The van der Waals surface area contributed by atoms with Gasteiger partial charge in [0, 0.05) is 25.1 Å². The monoisotopic (exact) mass is 586 g/mol. The summed E-state index contributed by atoms with van der Waals surface area (Å²) >= 11 is 16.3. The summed E-state index contributed by atoms with van der Waals surface area (Å²) < 4.78 is 8.52. The van der Waals surface area contributed by atoms with Crippen LogP contribution in [0.3, 0.4) is 0 Å². The van der Waals surface area contributed by atoms with Crippen LogP contribution in [0, 0.1) is 10.1 Å². The second-order valence-corrected chi connectivity index (χ2v) is 10.4. The van der Waals surface area contributed by atoms with Crippen molar-refractivity contribution in [3.63, 3.8) is 0 Å². The van der Waals surface area contributed by atoms with Crippen LogP contribution in [0.25, 0.3) is 0 Å². The zero-order valence-electron chi connectivity index (χ0n) is 19.5. The van der Waals surface area contributed by atoms with Gasteiger partial charge in [0.1, 0.15) is 12.7 Å². The molecule has 2 aromatic carbocycles. The summed E-state index contributed by atoms with van der Waals surface area (Å²) in [5.74, 6) is -1.75. The molecule has 1 aliphatic heterocycles. The number of nitro groups is 1. The van der Waals surface area contributed by atoms with Crippen LogP contribution in [0.4, 0.5) is 15.3 Å². The predicted octanol–water partition coefficient (Wildman–Crippen LogP) is 3.73. The van der Waals surface area contributed by atoms with Crippen molar-refractivity contribution in [1.29, 1.82) is 0 Å². The Morgan fingerprint density at radius 3 is 2.32 bits per heavy atom. The number of ether oxygens (including phenoxy) is 2. The molecule has 1 aliphatic rings. The van der Waals surface area contributed by atoms with Gasteiger partial charge in [-0.25, -0.2) is 14.4 Å². The van der Waals surface area contributed by atoms with Crippen LogP contribution in [0.1, 0.15) is 22.3 Å². The van der Waals surface area contributed by atoms with Crippen molar-refractivity contribution < 1.29 is 33.6 Å². The first kappa shape index (κ1) is 29.0. The molecule has 202 valence electrons. The molecule has 1 fully saturated rings. The second-order valence-electron chi connectivity index (χ2n) is 8.08. The van der Waals surface area contributed by atoms with Gasteiger partial charge >= 0.3 is 18.1 Å². The standard InChI is InChI=1S/C23H21Cl3N4O8/c24-23(25,26)20(32)28-21(33)27-11-17-10-18(38-19(31)15-4-2-1-3-5-15)12-29(17)22(34)37-13-14-6-8-16(9-7-14)30(35)36/h1-9,17-18H,10-13H2,(H2,27,28,32,33)/t17-,18-/m0/s1. The van der Waals surface area contributed by atoms with Crippen molar-refractivity contribution in [3.05, 3.63) is 75.8 Å². The number of nitrogens with zero attached hydrogens (tertiary/aromatic N) is 2. The summed E-state index contributed by atoms with van der Waals surface area (Å²) in [6, 6.07) is 12.1. The number of rotatable bonds is 7.